The normalized spacial score (nSPS) is 11.2. The van der Waals surface area contributed by atoms with Crippen molar-refractivity contribution in [3.63, 3.8) is 0 Å². The van der Waals surface area contributed by atoms with Crippen molar-refractivity contribution < 1.29 is 56.5 Å². The van der Waals surface area contributed by atoms with Crippen molar-refractivity contribution in [3.8, 4) is 17.0 Å². The van der Waals surface area contributed by atoms with Gasteiger partial charge in [0, 0.05) is 41.5 Å². The summed E-state index contributed by atoms with van der Waals surface area (Å²) in [5.41, 5.74) is 3.38. The van der Waals surface area contributed by atoms with E-state index in [0.29, 0.717) is 79.1 Å². The van der Waals surface area contributed by atoms with Crippen molar-refractivity contribution in [2.45, 2.75) is 13.3 Å². The Hall–Kier alpha value is -5.11. The molecule has 1 heterocycles. The average Bonchev–Trinajstić information content (AvgIpc) is 3.15. The van der Waals surface area contributed by atoms with Crippen molar-refractivity contribution in [1.82, 2.24) is 20.6 Å². The molecule has 18 heteroatoms. The van der Waals surface area contributed by atoms with Gasteiger partial charge in [0.2, 0.25) is 0 Å². The van der Waals surface area contributed by atoms with Gasteiger partial charge in [0.15, 0.2) is 0 Å². The third kappa shape index (κ3) is 14.7. The molecule has 0 saturated heterocycles. The van der Waals surface area contributed by atoms with E-state index in [1.807, 2.05) is 0 Å². The summed E-state index contributed by atoms with van der Waals surface area (Å²) < 4.78 is 63.0. The SMILES string of the molecule is Cc1ccc(C(=O)NCCOCCOCCOCCOCCNC(=O)c2cccc(-c3cc(Nc4ccc(OC(F)(F)F)cc4)ncn3)c2)cc1B(O)O. The first kappa shape index (κ1) is 41.6. The van der Waals surface area contributed by atoms with E-state index in [2.05, 4.69) is 30.7 Å². The first-order valence-electron chi connectivity index (χ1n) is 16.9. The van der Waals surface area contributed by atoms with Gasteiger partial charge in [-0.1, -0.05) is 23.8 Å². The van der Waals surface area contributed by atoms with Crippen LogP contribution in [-0.2, 0) is 18.9 Å². The number of carbonyl (C=O) groups excluding carboxylic acids is 2. The Morgan fingerprint density at radius 1 is 0.722 bits per heavy atom. The monoisotopic (exact) mass is 755 g/mol. The number of aromatic nitrogens is 2. The number of nitrogens with zero attached hydrogens (tertiary/aromatic N) is 2. The van der Waals surface area contributed by atoms with Crippen molar-refractivity contribution in [1.29, 1.82) is 0 Å². The fourth-order valence-electron chi connectivity index (χ4n) is 4.79. The summed E-state index contributed by atoms with van der Waals surface area (Å²) >= 11 is 0. The predicted octanol–water partition coefficient (Wildman–Crippen LogP) is 3.00. The summed E-state index contributed by atoms with van der Waals surface area (Å²) in [6, 6.07) is 18.5. The molecule has 0 bridgehead atoms. The molecule has 0 radical (unpaired) electrons. The molecule has 4 aromatic rings. The number of carbonyl (C=O) groups is 2. The van der Waals surface area contributed by atoms with Gasteiger partial charge in [-0.3, -0.25) is 9.59 Å². The van der Waals surface area contributed by atoms with Gasteiger partial charge in [-0.2, -0.15) is 0 Å². The third-order valence-corrected chi connectivity index (χ3v) is 7.45. The molecule has 0 aliphatic heterocycles. The number of nitrogens with one attached hydrogen (secondary N) is 3. The highest BCUT2D eigenvalue weighted by molar-refractivity contribution is 6.59. The Morgan fingerprint density at radius 2 is 1.30 bits per heavy atom. The lowest BCUT2D eigenvalue weighted by molar-refractivity contribution is -0.274. The number of hydrogen-bond donors (Lipinski definition) is 5. The topological polar surface area (TPSA) is 183 Å². The molecule has 0 fully saturated rings. The van der Waals surface area contributed by atoms with E-state index >= 15 is 0 Å². The molecule has 0 saturated carbocycles. The Bertz CT molecular complexity index is 1790. The second kappa shape index (κ2) is 21.6. The molecule has 2 amide bonds. The lowest BCUT2D eigenvalue weighted by Crippen LogP contribution is -2.34. The summed E-state index contributed by atoms with van der Waals surface area (Å²) in [7, 11) is -1.65. The quantitative estimate of drug-likeness (QED) is 0.0585. The summed E-state index contributed by atoms with van der Waals surface area (Å²) in [6.45, 7) is 4.98. The van der Waals surface area contributed by atoms with Crippen molar-refractivity contribution in [2.24, 2.45) is 0 Å². The number of benzene rings is 3. The second-order valence-corrected chi connectivity index (χ2v) is 11.5. The Morgan fingerprint density at radius 3 is 1.87 bits per heavy atom. The molecule has 4 rings (SSSR count). The van der Waals surface area contributed by atoms with Gasteiger partial charge in [0.25, 0.3) is 11.8 Å². The lowest BCUT2D eigenvalue weighted by atomic mass is 9.76. The zero-order chi connectivity index (χ0) is 38.8. The number of anilines is 2. The Balaban J connectivity index is 1.01. The van der Waals surface area contributed by atoms with Gasteiger partial charge in [0.1, 0.15) is 17.9 Å². The Labute approximate surface area is 310 Å². The van der Waals surface area contributed by atoms with E-state index < -0.39 is 13.5 Å². The molecule has 54 heavy (non-hydrogen) atoms. The fraction of sp³-hybridized carbons (Fsp3) is 0.333. The predicted molar refractivity (Wildman–Crippen MR) is 193 cm³/mol. The minimum absolute atomic E-state index is 0.279. The van der Waals surface area contributed by atoms with E-state index in [4.69, 9.17) is 18.9 Å². The minimum atomic E-state index is -4.78. The third-order valence-electron chi connectivity index (χ3n) is 7.45. The van der Waals surface area contributed by atoms with Crippen molar-refractivity contribution in [2.75, 3.05) is 71.3 Å². The maximum atomic E-state index is 12.7. The molecular weight excluding hydrogens is 714 g/mol. The standard InChI is InChI=1S/C36H41BF3N5O9/c1-25-5-6-28(22-31(25)37(48)49)35(47)42-12-14-51-16-18-53-20-19-52-17-15-50-13-11-41-34(46)27-4-2-3-26(21-27)32-23-33(44-24-43-32)45-29-7-9-30(10-8-29)54-36(38,39)40/h2-10,21-24,48-49H,11-20H2,1H3,(H,41,46)(H,42,47)(H,43,44,45). The zero-order valence-corrected chi connectivity index (χ0v) is 29.4. The fourth-order valence-corrected chi connectivity index (χ4v) is 4.79. The van der Waals surface area contributed by atoms with Gasteiger partial charge in [-0.15, -0.1) is 13.2 Å². The minimum Gasteiger partial charge on any atom is -0.423 e. The van der Waals surface area contributed by atoms with Gasteiger partial charge in [-0.05, 0) is 60.9 Å². The highest BCUT2D eigenvalue weighted by Crippen LogP contribution is 2.26. The van der Waals surface area contributed by atoms with Crippen LogP contribution in [0.4, 0.5) is 24.7 Å². The molecule has 288 valence electrons. The maximum absolute atomic E-state index is 12.7. The summed E-state index contributed by atoms with van der Waals surface area (Å²) in [4.78, 5) is 33.4. The number of alkyl halides is 3. The highest BCUT2D eigenvalue weighted by atomic mass is 19.4. The number of hydrogen-bond acceptors (Lipinski definition) is 12. The molecule has 0 spiro atoms. The molecule has 1 aromatic heterocycles. The van der Waals surface area contributed by atoms with Gasteiger partial charge in [-0.25, -0.2) is 9.97 Å². The summed E-state index contributed by atoms with van der Waals surface area (Å²) in [6.07, 6.45) is -3.44. The van der Waals surface area contributed by atoms with Gasteiger partial charge >= 0.3 is 13.5 Å². The van der Waals surface area contributed by atoms with Crippen molar-refractivity contribution in [3.05, 3.63) is 95.8 Å². The van der Waals surface area contributed by atoms with Gasteiger partial charge < -0.3 is 49.7 Å². The van der Waals surface area contributed by atoms with Crippen LogP contribution in [0.25, 0.3) is 11.3 Å². The van der Waals surface area contributed by atoms with E-state index in [9.17, 15) is 32.8 Å². The van der Waals surface area contributed by atoms with Crippen LogP contribution in [0.1, 0.15) is 26.3 Å². The second-order valence-electron chi connectivity index (χ2n) is 11.5. The summed E-state index contributed by atoms with van der Waals surface area (Å²) in [5, 5.41) is 27.3. The lowest BCUT2D eigenvalue weighted by Gasteiger charge is -2.11. The molecule has 0 atom stereocenters. The van der Waals surface area contributed by atoms with Crippen LogP contribution in [0.15, 0.2) is 79.1 Å². The molecule has 14 nitrogen and oxygen atoms in total. The number of rotatable bonds is 22. The maximum Gasteiger partial charge on any atom is 0.573 e. The first-order chi connectivity index (χ1) is 26.0. The van der Waals surface area contributed by atoms with Crippen LogP contribution in [0.3, 0.4) is 0 Å². The van der Waals surface area contributed by atoms with E-state index in [1.165, 1.54) is 36.7 Å². The van der Waals surface area contributed by atoms with Crippen LogP contribution >= 0.6 is 0 Å². The summed E-state index contributed by atoms with van der Waals surface area (Å²) in [5.74, 6) is -0.574. The van der Waals surface area contributed by atoms with E-state index in [0.717, 1.165) is 0 Å². The smallest absolute Gasteiger partial charge is 0.423 e. The van der Waals surface area contributed by atoms with Crippen LogP contribution in [0.5, 0.6) is 5.75 Å². The number of ether oxygens (including phenoxy) is 5. The molecular formula is C36H41BF3N5O9. The molecule has 0 unspecified atom stereocenters. The number of amides is 2. The Kier molecular flexibility index (Phi) is 16.6. The molecule has 5 N–H and O–H groups in total. The van der Waals surface area contributed by atoms with Crippen LogP contribution in [-0.4, -0.2) is 111 Å². The molecule has 3 aromatic carbocycles. The van der Waals surface area contributed by atoms with Crippen LogP contribution < -0.4 is 26.2 Å². The van der Waals surface area contributed by atoms with Crippen LogP contribution in [0, 0.1) is 6.92 Å². The molecule has 0 aliphatic carbocycles. The van der Waals surface area contributed by atoms with Crippen molar-refractivity contribution >= 4 is 35.9 Å². The van der Waals surface area contributed by atoms with Gasteiger partial charge in [0.05, 0.1) is 58.5 Å². The first-order valence-corrected chi connectivity index (χ1v) is 16.9. The largest absolute Gasteiger partial charge is 0.573 e. The van der Waals surface area contributed by atoms with Crippen LogP contribution in [0.2, 0.25) is 0 Å². The zero-order valence-electron chi connectivity index (χ0n) is 29.4. The van der Waals surface area contributed by atoms with E-state index in [-0.39, 0.29) is 49.3 Å². The van der Waals surface area contributed by atoms with E-state index in [1.54, 1.807) is 49.4 Å². The number of halogens is 3. The highest BCUT2D eigenvalue weighted by Gasteiger charge is 2.31. The average molecular weight is 756 g/mol. The molecule has 0 aliphatic rings. The number of aryl methyl sites for hydroxylation is 1.